The van der Waals surface area contributed by atoms with Gasteiger partial charge in [0.2, 0.25) is 0 Å². The van der Waals surface area contributed by atoms with Gasteiger partial charge in [0.15, 0.2) is 0 Å². The normalized spacial score (nSPS) is 21.5. The molecule has 2 aliphatic rings. The predicted molar refractivity (Wildman–Crippen MR) is 58.9 cm³/mol. The van der Waals surface area contributed by atoms with Gasteiger partial charge in [-0.15, -0.1) is 0 Å². The molecule has 0 radical (unpaired) electrons. The number of fused-ring (bicyclic) bond motifs is 2. The summed E-state index contributed by atoms with van der Waals surface area (Å²) in [6.45, 7) is 0. The van der Waals surface area contributed by atoms with Crippen LogP contribution in [0, 0.1) is 0 Å². The Hall–Kier alpha value is -2.03. The number of nitrogens with zero attached hydrogens (tertiary/aromatic N) is 2. The SMILES string of the molecule is O=CC1C2=CN=CC2=Nc2ccccc21. The first-order chi connectivity index (χ1) is 7.40. The van der Waals surface area contributed by atoms with Gasteiger partial charge in [-0.3, -0.25) is 4.99 Å². The molecule has 0 N–H and O–H groups in total. The van der Waals surface area contributed by atoms with E-state index in [0.29, 0.717) is 0 Å². The highest BCUT2D eigenvalue weighted by atomic mass is 16.1. The third-order valence-corrected chi connectivity index (χ3v) is 2.69. The fraction of sp³-hybridized carbons (Fsp3) is 0.0833. The minimum Gasteiger partial charge on any atom is -0.302 e. The molecule has 0 spiro atoms. The van der Waals surface area contributed by atoms with Crippen LogP contribution >= 0.6 is 0 Å². The van der Waals surface area contributed by atoms with Gasteiger partial charge < -0.3 is 4.79 Å². The van der Waals surface area contributed by atoms with Crippen LogP contribution in [-0.2, 0) is 4.79 Å². The van der Waals surface area contributed by atoms with Gasteiger partial charge in [0, 0.05) is 11.8 Å². The van der Waals surface area contributed by atoms with E-state index in [0.717, 1.165) is 28.8 Å². The Balaban J connectivity index is 2.26. The zero-order valence-corrected chi connectivity index (χ0v) is 7.92. The van der Waals surface area contributed by atoms with Gasteiger partial charge in [-0.25, -0.2) is 4.99 Å². The average Bonchev–Trinajstić information content (AvgIpc) is 2.73. The second kappa shape index (κ2) is 2.98. The molecule has 0 aromatic heterocycles. The number of carbonyl (C=O) groups excluding carboxylic acids is 1. The minimum absolute atomic E-state index is 0.212. The number of rotatable bonds is 1. The molecule has 0 aliphatic carbocycles. The second-order valence-electron chi connectivity index (χ2n) is 3.53. The van der Waals surface area contributed by atoms with E-state index in [-0.39, 0.29) is 5.92 Å². The summed E-state index contributed by atoms with van der Waals surface area (Å²) in [6.07, 6.45) is 4.36. The second-order valence-corrected chi connectivity index (χ2v) is 3.53. The molecule has 1 unspecified atom stereocenters. The molecule has 0 saturated carbocycles. The molecule has 2 heterocycles. The summed E-state index contributed by atoms with van der Waals surface area (Å²) in [5.74, 6) is -0.212. The molecule has 1 aromatic rings. The van der Waals surface area contributed by atoms with Crippen molar-refractivity contribution in [3.63, 3.8) is 0 Å². The number of aliphatic imine (C=N–C) groups is 2. The Morgan fingerprint density at radius 2 is 2.13 bits per heavy atom. The van der Waals surface area contributed by atoms with Gasteiger partial charge >= 0.3 is 0 Å². The number of aldehydes is 1. The van der Waals surface area contributed by atoms with E-state index < -0.39 is 0 Å². The van der Waals surface area contributed by atoms with Crippen molar-refractivity contribution in [1.29, 1.82) is 0 Å². The van der Waals surface area contributed by atoms with E-state index in [9.17, 15) is 4.79 Å². The van der Waals surface area contributed by atoms with Gasteiger partial charge in [-0.1, -0.05) is 18.2 Å². The molecule has 0 amide bonds. The summed E-state index contributed by atoms with van der Waals surface area (Å²) in [6, 6.07) is 7.70. The van der Waals surface area contributed by atoms with Crippen molar-refractivity contribution in [2.24, 2.45) is 9.98 Å². The molecule has 1 aromatic carbocycles. The molecule has 15 heavy (non-hydrogen) atoms. The highest BCUT2D eigenvalue weighted by Gasteiger charge is 2.28. The quantitative estimate of drug-likeness (QED) is 0.633. The lowest BCUT2D eigenvalue weighted by atomic mass is 9.87. The number of carbonyl (C=O) groups is 1. The fourth-order valence-electron chi connectivity index (χ4n) is 1.96. The summed E-state index contributed by atoms with van der Waals surface area (Å²) in [7, 11) is 0. The standard InChI is InChI=1S/C12H8N2O/c15-7-10-8-3-1-2-4-11(8)14-12-6-13-5-9(10)12/h1-7,10H. The van der Waals surface area contributed by atoms with Gasteiger partial charge in [0.25, 0.3) is 0 Å². The lowest BCUT2D eigenvalue weighted by Gasteiger charge is -2.19. The lowest BCUT2D eigenvalue weighted by Crippen LogP contribution is -2.15. The predicted octanol–water partition coefficient (Wildman–Crippen LogP) is 2.02. The maximum Gasteiger partial charge on any atom is 0.132 e. The molecule has 3 nitrogen and oxygen atoms in total. The minimum atomic E-state index is -0.212. The molecular formula is C12H8N2O. The van der Waals surface area contributed by atoms with Crippen LogP contribution in [-0.4, -0.2) is 18.2 Å². The highest BCUT2D eigenvalue weighted by Crippen LogP contribution is 2.37. The van der Waals surface area contributed by atoms with Crippen molar-refractivity contribution in [2.45, 2.75) is 5.92 Å². The zero-order chi connectivity index (χ0) is 10.3. The van der Waals surface area contributed by atoms with Gasteiger partial charge in [-0.2, -0.15) is 0 Å². The van der Waals surface area contributed by atoms with Gasteiger partial charge in [-0.05, 0) is 11.6 Å². The Bertz CT molecular complexity index is 526. The monoisotopic (exact) mass is 196 g/mol. The molecule has 3 heteroatoms. The van der Waals surface area contributed by atoms with Crippen molar-refractivity contribution in [3.05, 3.63) is 41.6 Å². The Morgan fingerprint density at radius 1 is 1.27 bits per heavy atom. The molecule has 0 saturated heterocycles. The van der Waals surface area contributed by atoms with E-state index in [2.05, 4.69) is 9.98 Å². The van der Waals surface area contributed by atoms with Crippen molar-refractivity contribution in [2.75, 3.05) is 0 Å². The third-order valence-electron chi connectivity index (χ3n) is 2.69. The van der Waals surface area contributed by atoms with Crippen LogP contribution in [0.15, 0.2) is 46.0 Å². The van der Waals surface area contributed by atoms with Crippen LogP contribution in [0.2, 0.25) is 0 Å². The summed E-state index contributed by atoms with van der Waals surface area (Å²) >= 11 is 0. The number of hydrogen-bond donors (Lipinski definition) is 0. The first-order valence-corrected chi connectivity index (χ1v) is 4.76. The van der Waals surface area contributed by atoms with Crippen LogP contribution in [0.3, 0.4) is 0 Å². The van der Waals surface area contributed by atoms with Crippen molar-refractivity contribution in [3.8, 4) is 0 Å². The maximum absolute atomic E-state index is 11.1. The number of allylic oxidation sites excluding steroid dienone is 1. The zero-order valence-electron chi connectivity index (χ0n) is 7.92. The Labute approximate surface area is 86.9 Å². The molecule has 3 rings (SSSR count). The molecule has 0 bridgehead atoms. The smallest absolute Gasteiger partial charge is 0.132 e. The molecule has 2 aliphatic heterocycles. The number of para-hydroxylation sites is 1. The highest BCUT2D eigenvalue weighted by molar-refractivity contribution is 6.42. The fourth-order valence-corrected chi connectivity index (χ4v) is 1.96. The molecule has 1 atom stereocenters. The van der Waals surface area contributed by atoms with E-state index >= 15 is 0 Å². The van der Waals surface area contributed by atoms with E-state index in [4.69, 9.17) is 0 Å². The van der Waals surface area contributed by atoms with Crippen molar-refractivity contribution < 1.29 is 4.79 Å². The van der Waals surface area contributed by atoms with E-state index in [1.54, 1.807) is 12.4 Å². The first-order valence-electron chi connectivity index (χ1n) is 4.76. The molecule has 0 fully saturated rings. The van der Waals surface area contributed by atoms with Crippen LogP contribution in [0.1, 0.15) is 11.5 Å². The maximum atomic E-state index is 11.1. The van der Waals surface area contributed by atoms with E-state index in [1.807, 2.05) is 24.3 Å². The van der Waals surface area contributed by atoms with Crippen LogP contribution in [0.5, 0.6) is 0 Å². The molecular weight excluding hydrogens is 188 g/mol. The van der Waals surface area contributed by atoms with Crippen LogP contribution < -0.4 is 0 Å². The van der Waals surface area contributed by atoms with Crippen LogP contribution in [0.25, 0.3) is 0 Å². The summed E-state index contributed by atoms with van der Waals surface area (Å²) < 4.78 is 0. The first kappa shape index (κ1) is 8.29. The largest absolute Gasteiger partial charge is 0.302 e. The van der Waals surface area contributed by atoms with Crippen molar-refractivity contribution >= 4 is 23.9 Å². The average molecular weight is 196 g/mol. The Morgan fingerprint density at radius 3 is 3.00 bits per heavy atom. The van der Waals surface area contributed by atoms with Gasteiger partial charge in [0.1, 0.15) is 6.29 Å². The number of hydrogen-bond acceptors (Lipinski definition) is 3. The summed E-state index contributed by atoms with van der Waals surface area (Å²) in [5, 5.41) is 0. The topological polar surface area (TPSA) is 41.8 Å². The lowest BCUT2D eigenvalue weighted by molar-refractivity contribution is -0.108. The van der Waals surface area contributed by atoms with Crippen molar-refractivity contribution in [1.82, 2.24) is 0 Å². The molecule has 72 valence electrons. The number of benzene rings is 1. The summed E-state index contributed by atoms with van der Waals surface area (Å²) in [5.41, 5.74) is 3.55. The van der Waals surface area contributed by atoms with E-state index in [1.165, 1.54) is 0 Å². The van der Waals surface area contributed by atoms with Crippen LogP contribution in [0.4, 0.5) is 5.69 Å². The Kier molecular flexibility index (Phi) is 1.65. The summed E-state index contributed by atoms with van der Waals surface area (Å²) in [4.78, 5) is 19.6. The van der Waals surface area contributed by atoms with Gasteiger partial charge in [0.05, 0.1) is 23.5 Å². The third kappa shape index (κ3) is 1.09.